The van der Waals surface area contributed by atoms with Gasteiger partial charge >= 0.3 is 5.97 Å². The number of carboxylic acids is 1. The minimum Gasteiger partial charge on any atom is -0.478 e. The predicted octanol–water partition coefficient (Wildman–Crippen LogP) is 2.79. The first-order valence-corrected chi connectivity index (χ1v) is 6.17. The molecule has 0 aliphatic carbocycles. The number of hydrogen-bond donors (Lipinski definition) is 2. The van der Waals surface area contributed by atoms with Crippen LogP contribution in [0.1, 0.15) is 32.1 Å². The summed E-state index contributed by atoms with van der Waals surface area (Å²) in [6, 6.07) is 6.70. The standard InChI is InChI=1S/C15H13FN2O3/c1-8-3-4-10(16)7-13(8)18-14(19)12-6-5-11(15(20)21)9(2)17-12/h3-7H,1-2H3,(H,18,19)(H,20,21). The number of carboxylic acid groups (broad SMARTS) is 1. The van der Waals surface area contributed by atoms with Gasteiger partial charge in [0.25, 0.3) is 5.91 Å². The van der Waals surface area contributed by atoms with Gasteiger partial charge < -0.3 is 10.4 Å². The van der Waals surface area contributed by atoms with Crippen molar-refractivity contribution in [3.8, 4) is 0 Å². The summed E-state index contributed by atoms with van der Waals surface area (Å²) >= 11 is 0. The van der Waals surface area contributed by atoms with Crippen LogP contribution in [0.15, 0.2) is 30.3 Å². The zero-order chi connectivity index (χ0) is 15.6. The number of nitrogens with zero attached hydrogens (tertiary/aromatic N) is 1. The van der Waals surface area contributed by atoms with E-state index in [-0.39, 0.29) is 17.0 Å². The highest BCUT2D eigenvalue weighted by Crippen LogP contribution is 2.17. The van der Waals surface area contributed by atoms with Crippen molar-refractivity contribution in [1.82, 2.24) is 4.98 Å². The number of amides is 1. The molecule has 2 N–H and O–H groups in total. The SMILES string of the molecule is Cc1ccc(F)cc1NC(=O)c1ccc(C(=O)O)c(C)n1. The number of aromatic nitrogens is 1. The predicted molar refractivity (Wildman–Crippen MR) is 75.0 cm³/mol. The Morgan fingerprint density at radius 2 is 1.90 bits per heavy atom. The fourth-order valence-corrected chi connectivity index (χ4v) is 1.83. The average molecular weight is 288 g/mol. The van der Waals surface area contributed by atoms with Crippen LogP contribution in [0, 0.1) is 19.7 Å². The van der Waals surface area contributed by atoms with Crippen LogP contribution in [-0.2, 0) is 0 Å². The number of carbonyl (C=O) groups is 2. The van der Waals surface area contributed by atoms with Crippen LogP contribution in [0.5, 0.6) is 0 Å². The van der Waals surface area contributed by atoms with E-state index in [1.54, 1.807) is 13.0 Å². The van der Waals surface area contributed by atoms with Crippen molar-refractivity contribution in [3.63, 3.8) is 0 Å². The van der Waals surface area contributed by atoms with Crippen LogP contribution in [0.2, 0.25) is 0 Å². The Labute approximate surface area is 120 Å². The quantitative estimate of drug-likeness (QED) is 0.910. The fourth-order valence-electron chi connectivity index (χ4n) is 1.83. The van der Waals surface area contributed by atoms with E-state index in [9.17, 15) is 14.0 Å². The second kappa shape index (κ2) is 5.70. The van der Waals surface area contributed by atoms with Gasteiger partial charge in [0, 0.05) is 5.69 Å². The van der Waals surface area contributed by atoms with Crippen LogP contribution in [0.4, 0.5) is 10.1 Å². The number of aromatic carboxylic acids is 1. The summed E-state index contributed by atoms with van der Waals surface area (Å²) in [5.41, 5.74) is 1.41. The molecule has 21 heavy (non-hydrogen) atoms. The number of benzene rings is 1. The van der Waals surface area contributed by atoms with Crippen molar-refractivity contribution in [2.45, 2.75) is 13.8 Å². The lowest BCUT2D eigenvalue weighted by molar-refractivity contribution is 0.0695. The molecular formula is C15H13FN2O3. The van der Waals surface area contributed by atoms with Crippen LogP contribution >= 0.6 is 0 Å². The molecule has 0 aliphatic heterocycles. The molecule has 1 aromatic heterocycles. The third-order valence-electron chi connectivity index (χ3n) is 3.00. The summed E-state index contributed by atoms with van der Waals surface area (Å²) in [6.45, 7) is 3.24. The molecule has 0 unspecified atom stereocenters. The van der Waals surface area contributed by atoms with Crippen molar-refractivity contribution in [2.24, 2.45) is 0 Å². The first-order chi connectivity index (χ1) is 9.88. The number of carbonyl (C=O) groups excluding carboxylic acids is 1. The van der Waals surface area contributed by atoms with Gasteiger partial charge in [-0.25, -0.2) is 14.2 Å². The van der Waals surface area contributed by atoms with Gasteiger partial charge in [-0.1, -0.05) is 6.07 Å². The van der Waals surface area contributed by atoms with Gasteiger partial charge in [0.1, 0.15) is 11.5 Å². The molecule has 0 bridgehead atoms. The maximum absolute atomic E-state index is 13.2. The number of pyridine rings is 1. The fraction of sp³-hybridized carbons (Fsp3) is 0.133. The Bertz CT molecular complexity index is 729. The van der Waals surface area contributed by atoms with Crippen LogP contribution < -0.4 is 5.32 Å². The van der Waals surface area contributed by atoms with E-state index in [2.05, 4.69) is 10.3 Å². The number of nitrogens with one attached hydrogen (secondary N) is 1. The Kier molecular flexibility index (Phi) is 3.98. The molecule has 5 nitrogen and oxygen atoms in total. The smallest absolute Gasteiger partial charge is 0.337 e. The molecule has 6 heteroatoms. The molecule has 0 aliphatic rings. The summed E-state index contributed by atoms with van der Waals surface area (Å²) in [5.74, 6) is -2.09. The van der Waals surface area contributed by atoms with Gasteiger partial charge in [0.2, 0.25) is 0 Å². The van der Waals surface area contributed by atoms with E-state index in [4.69, 9.17) is 5.11 Å². The molecule has 0 radical (unpaired) electrons. The van der Waals surface area contributed by atoms with E-state index in [0.29, 0.717) is 11.3 Å². The summed E-state index contributed by atoms with van der Waals surface area (Å²) in [6.07, 6.45) is 0. The Balaban J connectivity index is 2.26. The summed E-state index contributed by atoms with van der Waals surface area (Å²) in [7, 11) is 0. The largest absolute Gasteiger partial charge is 0.478 e. The van der Waals surface area contributed by atoms with Crippen LogP contribution in [0.3, 0.4) is 0 Å². The highest BCUT2D eigenvalue weighted by Gasteiger charge is 2.14. The van der Waals surface area contributed by atoms with Crippen molar-refractivity contribution in [3.05, 3.63) is 58.7 Å². The first-order valence-electron chi connectivity index (χ1n) is 6.17. The first kappa shape index (κ1) is 14.6. The topological polar surface area (TPSA) is 79.3 Å². The zero-order valence-corrected chi connectivity index (χ0v) is 11.5. The Morgan fingerprint density at radius 3 is 2.52 bits per heavy atom. The Hall–Kier alpha value is -2.76. The molecule has 0 atom stereocenters. The average Bonchev–Trinajstić information content (AvgIpc) is 2.42. The molecule has 0 fully saturated rings. The third kappa shape index (κ3) is 3.22. The van der Waals surface area contributed by atoms with E-state index in [1.807, 2.05) is 0 Å². The van der Waals surface area contributed by atoms with Gasteiger partial charge in [-0.15, -0.1) is 0 Å². The molecular weight excluding hydrogens is 275 g/mol. The number of rotatable bonds is 3. The highest BCUT2D eigenvalue weighted by atomic mass is 19.1. The molecule has 2 aromatic rings. The summed E-state index contributed by atoms with van der Waals surface area (Å²) in [5, 5.41) is 11.5. The number of anilines is 1. The molecule has 1 aromatic carbocycles. The van der Waals surface area contributed by atoms with Crippen LogP contribution in [0.25, 0.3) is 0 Å². The summed E-state index contributed by atoms with van der Waals surface area (Å²) in [4.78, 5) is 26.9. The number of hydrogen-bond acceptors (Lipinski definition) is 3. The van der Waals surface area contributed by atoms with Gasteiger partial charge in [0.05, 0.1) is 11.3 Å². The van der Waals surface area contributed by atoms with Gasteiger partial charge in [-0.2, -0.15) is 0 Å². The van der Waals surface area contributed by atoms with Crippen molar-refractivity contribution >= 4 is 17.6 Å². The molecule has 0 saturated heterocycles. The lowest BCUT2D eigenvalue weighted by Crippen LogP contribution is -2.16. The van der Waals surface area contributed by atoms with E-state index < -0.39 is 17.7 Å². The van der Waals surface area contributed by atoms with Gasteiger partial charge in [-0.3, -0.25) is 4.79 Å². The minimum atomic E-state index is -1.10. The number of aryl methyl sites for hydroxylation is 2. The van der Waals surface area contributed by atoms with Crippen molar-refractivity contribution < 1.29 is 19.1 Å². The molecule has 108 valence electrons. The minimum absolute atomic E-state index is 0.0356. The second-order valence-electron chi connectivity index (χ2n) is 4.55. The van der Waals surface area contributed by atoms with E-state index in [1.165, 1.54) is 31.2 Å². The normalized spacial score (nSPS) is 10.2. The maximum atomic E-state index is 13.2. The zero-order valence-electron chi connectivity index (χ0n) is 11.5. The molecule has 0 spiro atoms. The molecule has 1 amide bonds. The lowest BCUT2D eigenvalue weighted by Gasteiger charge is -2.09. The monoisotopic (exact) mass is 288 g/mol. The highest BCUT2D eigenvalue weighted by molar-refractivity contribution is 6.03. The van der Waals surface area contributed by atoms with Gasteiger partial charge in [-0.05, 0) is 43.7 Å². The summed E-state index contributed by atoms with van der Waals surface area (Å²) < 4.78 is 13.2. The van der Waals surface area contributed by atoms with E-state index in [0.717, 1.165) is 0 Å². The molecule has 0 saturated carbocycles. The molecule has 1 heterocycles. The maximum Gasteiger partial charge on any atom is 0.337 e. The third-order valence-corrected chi connectivity index (χ3v) is 3.00. The number of halogens is 1. The molecule has 2 rings (SSSR count). The van der Waals surface area contributed by atoms with Crippen molar-refractivity contribution in [1.29, 1.82) is 0 Å². The van der Waals surface area contributed by atoms with Crippen molar-refractivity contribution in [2.75, 3.05) is 5.32 Å². The Morgan fingerprint density at radius 1 is 1.19 bits per heavy atom. The lowest BCUT2D eigenvalue weighted by atomic mass is 10.1. The van der Waals surface area contributed by atoms with Gasteiger partial charge in [0.15, 0.2) is 0 Å². The van der Waals surface area contributed by atoms with E-state index >= 15 is 0 Å². The second-order valence-corrected chi connectivity index (χ2v) is 4.55. The van der Waals surface area contributed by atoms with Crippen LogP contribution in [-0.4, -0.2) is 22.0 Å².